The number of allylic oxidation sites excluding steroid dienone is 1. The molecule has 1 saturated heterocycles. The molecule has 5 rings (SSSR count). The molecule has 1 fully saturated rings. The van der Waals surface area contributed by atoms with Gasteiger partial charge in [-0.15, -0.1) is 0 Å². The fourth-order valence-corrected chi connectivity index (χ4v) is 5.61. The largest absolute Gasteiger partial charge is 0.463 e. The van der Waals surface area contributed by atoms with Crippen LogP contribution in [-0.2, 0) is 9.53 Å². The molecule has 35 heavy (non-hydrogen) atoms. The summed E-state index contributed by atoms with van der Waals surface area (Å²) >= 11 is 1.23. The molecule has 4 heterocycles. The molecule has 0 N–H and O–H groups in total. The van der Waals surface area contributed by atoms with E-state index in [1.807, 2.05) is 12.1 Å². The second-order valence-electron chi connectivity index (χ2n) is 8.58. The van der Waals surface area contributed by atoms with Crippen molar-refractivity contribution in [2.45, 2.75) is 39.2 Å². The minimum atomic E-state index is -0.770. The van der Waals surface area contributed by atoms with Crippen LogP contribution in [0.4, 0.5) is 10.3 Å². The van der Waals surface area contributed by atoms with Gasteiger partial charge in [-0.25, -0.2) is 14.2 Å². The van der Waals surface area contributed by atoms with E-state index in [1.54, 1.807) is 32.1 Å². The van der Waals surface area contributed by atoms with E-state index in [0.717, 1.165) is 31.8 Å². The fraction of sp³-hybridized carbons (Fsp3) is 0.346. The fourth-order valence-electron chi connectivity index (χ4n) is 4.59. The van der Waals surface area contributed by atoms with Crippen molar-refractivity contribution in [3.05, 3.63) is 84.5 Å². The van der Waals surface area contributed by atoms with Gasteiger partial charge in [0, 0.05) is 25.2 Å². The zero-order chi connectivity index (χ0) is 24.5. The number of piperidine rings is 1. The minimum absolute atomic E-state index is 0.189. The Kier molecular flexibility index (Phi) is 6.42. The Hall–Kier alpha value is -3.46. The first-order valence-corrected chi connectivity index (χ1v) is 12.6. The van der Waals surface area contributed by atoms with Crippen molar-refractivity contribution in [3.8, 4) is 0 Å². The van der Waals surface area contributed by atoms with Gasteiger partial charge < -0.3 is 14.1 Å². The van der Waals surface area contributed by atoms with E-state index in [0.29, 0.717) is 26.4 Å². The highest BCUT2D eigenvalue weighted by Gasteiger charge is 2.33. The lowest BCUT2D eigenvalue weighted by molar-refractivity contribution is -0.139. The van der Waals surface area contributed by atoms with Crippen molar-refractivity contribution in [2.75, 3.05) is 24.6 Å². The molecule has 7 nitrogen and oxygen atoms in total. The molecule has 182 valence electrons. The van der Waals surface area contributed by atoms with Gasteiger partial charge in [-0.05, 0) is 56.9 Å². The molecule has 0 aliphatic carbocycles. The second-order valence-corrected chi connectivity index (χ2v) is 9.59. The highest BCUT2D eigenvalue weighted by molar-refractivity contribution is 7.07. The zero-order valence-electron chi connectivity index (χ0n) is 19.6. The number of carbonyl (C=O) groups is 1. The molecule has 2 aliphatic heterocycles. The number of ether oxygens (including phenoxy) is 1. The number of benzene rings is 1. The normalized spacial score (nSPS) is 18.4. The van der Waals surface area contributed by atoms with Crippen LogP contribution < -0.4 is 19.8 Å². The van der Waals surface area contributed by atoms with Gasteiger partial charge in [-0.3, -0.25) is 9.36 Å². The van der Waals surface area contributed by atoms with Crippen molar-refractivity contribution < 1.29 is 18.3 Å². The highest BCUT2D eigenvalue weighted by Crippen LogP contribution is 2.31. The first-order valence-electron chi connectivity index (χ1n) is 11.8. The standard InChI is InChI=1S/C26H26FN3O4S/c1-3-33-25(32)22-16(2)28-26-30(23(22)17-7-9-18(27)10-8-17)24(31)20(35-26)15-19-11-12-21(34-19)29-13-5-4-6-14-29/h7-12,15,23H,3-6,13-14H2,1-2H3/b20-15-/t23-/m0/s1. The lowest BCUT2D eigenvalue weighted by Gasteiger charge is -2.25. The van der Waals surface area contributed by atoms with Gasteiger partial charge in [-0.2, -0.15) is 0 Å². The van der Waals surface area contributed by atoms with Crippen LogP contribution in [0.25, 0.3) is 6.08 Å². The average Bonchev–Trinajstić information content (AvgIpc) is 3.44. The third-order valence-corrected chi connectivity index (χ3v) is 7.24. The summed E-state index contributed by atoms with van der Waals surface area (Å²) in [6.07, 6.45) is 5.22. The third-order valence-electron chi connectivity index (χ3n) is 6.26. The first kappa shape index (κ1) is 23.3. The molecule has 2 aliphatic rings. The maximum absolute atomic E-state index is 13.7. The Morgan fingerprint density at radius 3 is 2.66 bits per heavy atom. The summed E-state index contributed by atoms with van der Waals surface area (Å²) in [5.41, 5.74) is 1.04. The van der Waals surface area contributed by atoms with Gasteiger partial charge in [-0.1, -0.05) is 23.5 Å². The summed E-state index contributed by atoms with van der Waals surface area (Å²) in [5, 5.41) is 0. The van der Waals surface area contributed by atoms with Crippen LogP contribution in [0.2, 0.25) is 0 Å². The number of hydrogen-bond acceptors (Lipinski definition) is 7. The third kappa shape index (κ3) is 4.48. The van der Waals surface area contributed by atoms with Gasteiger partial charge in [0.2, 0.25) is 0 Å². The SMILES string of the molecule is CCOC(=O)C1=C(C)N=c2s/c(=C\c3ccc(N4CCCCC4)o3)c(=O)n2[C@H]1c1ccc(F)cc1. The summed E-state index contributed by atoms with van der Waals surface area (Å²) < 4.78 is 26.9. The first-order chi connectivity index (χ1) is 17.0. The molecule has 0 amide bonds. The predicted molar refractivity (Wildman–Crippen MR) is 132 cm³/mol. The van der Waals surface area contributed by atoms with Gasteiger partial charge in [0.25, 0.3) is 5.56 Å². The molecule has 0 bridgehead atoms. The van der Waals surface area contributed by atoms with E-state index >= 15 is 0 Å². The van der Waals surface area contributed by atoms with Crippen molar-refractivity contribution in [3.63, 3.8) is 0 Å². The van der Waals surface area contributed by atoms with Crippen molar-refractivity contribution >= 4 is 29.3 Å². The maximum atomic E-state index is 13.7. The number of thiazole rings is 1. The Morgan fingerprint density at radius 1 is 1.20 bits per heavy atom. The summed E-state index contributed by atoms with van der Waals surface area (Å²) in [7, 11) is 0. The van der Waals surface area contributed by atoms with E-state index in [-0.39, 0.29) is 17.7 Å². The van der Waals surface area contributed by atoms with Crippen LogP contribution in [0.5, 0.6) is 0 Å². The molecular weight excluding hydrogens is 469 g/mol. The van der Waals surface area contributed by atoms with Crippen LogP contribution in [0.15, 0.2) is 61.9 Å². The summed E-state index contributed by atoms with van der Waals surface area (Å²) in [6, 6.07) is 8.79. The number of esters is 1. The topological polar surface area (TPSA) is 77.0 Å². The molecule has 0 spiro atoms. The van der Waals surface area contributed by atoms with E-state index in [4.69, 9.17) is 9.15 Å². The number of furan rings is 1. The van der Waals surface area contributed by atoms with Gasteiger partial charge >= 0.3 is 5.97 Å². The Balaban J connectivity index is 1.60. The quantitative estimate of drug-likeness (QED) is 0.507. The average molecular weight is 496 g/mol. The summed E-state index contributed by atoms with van der Waals surface area (Å²) in [4.78, 5) is 33.7. The number of anilines is 1. The highest BCUT2D eigenvalue weighted by atomic mass is 32.1. The van der Waals surface area contributed by atoms with Crippen molar-refractivity contribution in [2.24, 2.45) is 4.99 Å². The zero-order valence-corrected chi connectivity index (χ0v) is 20.4. The van der Waals surface area contributed by atoms with Gasteiger partial charge in [0.15, 0.2) is 10.7 Å². The number of nitrogens with zero attached hydrogens (tertiary/aromatic N) is 3. The van der Waals surface area contributed by atoms with Crippen LogP contribution in [0, 0.1) is 5.82 Å². The second kappa shape index (κ2) is 9.65. The number of fused-ring (bicyclic) bond motifs is 1. The molecule has 1 atom stereocenters. The molecule has 0 unspecified atom stereocenters. The molecule has 1 aromatic carbocycles. The van der Waals surface area contributed by atoms with Gasteiger partial charge in [0.05, 0.1) is 28.5 Å². The van der Waals surface area contributed by atoms with E-state index in [9.17, 15) is 14.0 Å². The van der Waals surface area contributed by atoms with Crippen molar-refractivity contribution in [1.82, 2.24) is 4.57 Å². The molecule has 0 saturated carbocycles. The Morgan fingerprint density at radius 2 is 1.94 bits per heavy atom. The molecule has 3 aromatic rings. The number of hydrogen-bond donors (Lipinski definition) is 0. The number of halogens is 1. The summed E-state index contributed by atoms with van der Waals surface area (Å²) in [5.74, 6) is 0.431. The minimum Gasteiger partial charge on any atom is -0.463 e. The van der Waals surface area contributed by atoms with Crippen molar-refractivity contribution in [1.29, 1.82) is 0 Å². The van der Waals surface area contributed by atoms with Crippen LogP contribution in [0.1, 0.15) is 50.5 Å². The lowest BCUT2D eigenvalue weighted by atomic mass is 9.96. The number of rotatable bonds is 5. The lowest BCUT2D eigenvalue weighted by Crippen LogP contribution is -2.39. The molecule has 9 heteroatoms. The van der Waals surface area contributed by atoms with Gasteiger partial charge in [0.1, 0.15) is 11.6 Å². The van der Waals surface area contributed by atoms with E-state index in [1.165, 1.54) is 34.5 Å². The number of carbonyl (C=O) groups excluding carboxylic acids is 1. The summed E-state index contributed by atoms with van der Waals surface area (Å²) in [6.45, 7) is 5.55. The molecule has 2 aromatic heterocycles. The van der Waals surface area contributed by atoms with E-state index < -0.39 is 17.8 Å². The van der Waals surface area contributed by atoms with Crippen LogP contribution in [0.3, 0.4) is 0 Å². The molecular formula is C26H26FN3O4S. The van der Waals surface area contributed by atoms with Crippen LogP contribution in [-0.4, -0.2) is 30.2 Å². The monoisotopic (exact) mass is 495 g/mol. The molecule has 0 radical (unpaired) electrons. The van der Waals surface area contributed by atoms with Crippen LogP contribution >= 0.6 is 11.3 Å². The number of aromatic nitrogens is 1. The maximum Gasteiger partial charge on any atom is 0.338 e. The Labute approximate surface area is 205 Å². The predicted octanol–water partition coefficient (Wildman–Crippen LogP) is 3.52. The Bertz CT molecular complexity index is 1460. The smallest absolute Gasteiger partial charge is 0.338 e. The van der Waals surface area contributed by atoms with E-state index in [2.05, 4.69) is 9.89 Å².